The summed E-state index contributed by atoms with van der Waals surface area (Å²) in [5.41, 5.74) is 1.74. The molecule has 7 nitrogen and oxygen atoms in total. The quantitative estimate of drug-likeness (QED) is 0.595. The first-order valence-corrected chi connectivity index (χ1v) is 11.5. The van der Waals surface area contributed by atoms with Crippen molar-refractivity contribution in [3.63, 3.8) is 0 Å². The molecular formula is C22H25N3O4S. The van der Waals surface area contributed by atoms with Crippen molar-refractivity contribution in [2.75, 3.05) is 20.2 Å². The lowest BCUT2D eigenvalue weighted by molar-refractivity contribution is 0.288. The smallest absolute Gasteiger partial charge is 0.243 e. The first kappa shape index (κ1) is 20.6. The predicted octanol–water partition coefficient (Wildman–Crippen LogP) is 3.76. The average molecular weight is 428 g/mol. The van der Waals surface area contributed by atoms with Crippen molar-refractivity contribution in [2.24, 2.45) is 5.92 Å². The zero-order chi connectivity index (χ0) is 21.1. The van der Waals surface area contributed by atoms with Crippen LogP contribution in [0.25, 0.3) is 11.4 Å². The summed E-state index contributed by atoms with van der Waals surface area (Å²) in [6.45, 7) is 3.31. The standard InChI is InChI=1S/C22H25N3O4S/c1-16-11-13-25(14-12-16)30(26,27)20-9-5-18(6-10-20)22-23-21(29-24-22)15-17-3-7-19(28-2)8-4-17/h3-10,16H,11-15H2,1-2H3. The summed E-state index contributed by atoms with van der Waals surface area (Å²) in [6.07, 6.45) is 2.31. The van der Waals surface area contributed by atoms with E-state index in [0.29, 0.717) is 47.6 Å². The number of hydrogen-bond donors (Lipinski definition) is 0. The summed E-state index contributed by atoms with van der Waals surface area (Å²) in [5, 5.41) is 4.04. The minimum Gasteiger partial charge on any atom is -0.497 e. The molecule has 2 aromatic carbocycles. The highest BCUT2D eigenvalue weighted by Gasteiger charge is 2.28. The number of piperidine rings is 1. The Morgan fingerprint density at radius 2 is 1.73 bits per heavy atom. The van der Waals surface area contributed by atoms with Crippen LogP contribution < -0.4 is 4.74 Å². The Morgan fingerprint density at radius 1 is 1.07 bits per heavy atom. The Labute approximate surface area is 176 Å². The molecular weight excluding hydrogens is 402 g/mol. The highest BCUT2D eigenvalue weighted by molar-refractivity contribution is 7.89. The summed E-state index contributed by atoms with van der Waals surface area (Å²) in [4.78, 5) is 4.73. The van der Waals surface area contributed by atoms with Crippen LogP contribution in [0.1, 0.15) is 31.2 Å². The SMILES string of the molecule is COc1ccc(Cc2nc(-c3ccc(S(=O)(=O)N4CCC(C)CC4)cc3)no2)cc1. The lowest BCUT2D eigenvalue weighted by Gasteiger charge is -2.29. The Hall–Kier alpha value is -2.71. The molecule has 4 rings (SSSR count). The molecule has 0 spiro atoms. The van der Waals surface area contributed by atoms with Gasteiger partial charge >= 0.3 is 0 Å². The van der Waals surface area contributed by atoms with Crippen molar-refractivity contribution in [1.29, 1.82) is 0 Å². The molecule has 158 valence electrons. The van der Waals surface area contributed by atoms with Crippen LogP contribution in [0.4, 0.5) is 0 Å². The Kier molecular flexibility index (Phi) is 5.87. The van der Waals surface area contributed by atoms with Gasteiger partial charge in [-0.1, -0.05) is 24.2 Å². The lowest BCUT2D eigenvalue weighted by atomic mass is 10.0. The van der Waals surface area contributed by atoms with Gasteiger partial charge < -0.3 is 9.26 Å². The molecule has 0 aliphatic carbocycles. The monoisotopic (exact) mass is 427 g/mol. The molecule has 1 fully saturated rings. The van der Waals surface area contributed by atoms with E-state index in [-0.39, 0.29) is 0 Å². The number of benzene rings is 2. The van der Waals surface area contributed by atoms with Crippen molar-refractivity contribution in [3.05, 3.63) is 60.0 Å². The second kappa shape index (κ2) is 8.57. The van der Waals surface area contributed by atoms with E-state index in [1.807, 2.05) is 24.3 Å². The second-order valence-corrected chi connectivity index (χ2v) is 9.59. The minimum absolute atomic E-state index is 0.294. The van der Waals surface area contributed by atoms with Crippen molar-refractivity contribution in [1.82, 2.24) is 14.4 Å². The maximum atomic E-state index is 12.9. The Bertz CT molecular complexity index is 1080. The van der Waals surface area contributed by atoms with Crippen molar-refractivity contribution >= 4 is 10.0 Å². The third-order valence-electron chi connectivity index (χ3n) is 5.48. The lowest BCUT2D eigenvalue weighted by Crippen LogP contribution is -2.37. The van der Waals surface area contributed by atoms with Gasteiger partial charge in [0.25, 0.3) is 0 Å². The highest BCUT2D eigenvalue weighted by atomic mass is 32.2. The van der Waals surface area contributed by atoms with Crippen LogP contribution in [0.2, 0.25) is 0 Å². The fraction of sp³-hybridized carbons (Fsp3) is 0.364. The van der Waals surface area contributed by atoms with Gasteiger partial charge in [-0.15, -0.1) is 0 Å². The van der Waals surface area contributed by atoms with Gasteiger partial charge in [0.05, 0.1) is 18.4 Å². The van der Waals surface area contributed by atoms with Crippen molar-refractivity contribution in [2.45, 2.75) is 31.1 Å². The first-order chi connectivity index (χ1) is 14.5. The van der Waals surface area contributed by atoms with E-state index < -0.39 is 10.0 Å². The molecule has 1 aromatic heterocycles. The molecule has 1 aliphatic rings. The second-order valence-electron chi connectivity index (χ2n) is 7.65. The normalized spacial score (nSPS) is 15.9. The van der Waals surface area contributed by atoms with Crippen LogP contribution in [0.5, 0.6) is 5.75 Å². The van der Waals surface area contributed by atoms with E-state index in [0.717, 1.165) is 24.2 Å². The van der Waals surface area contributed by atoms with E-state index in [1.165, 1.54) is 0 Å². The zero-order valence-electron chi connectivity index (χ0n) is 17.1. The Morgan fingerprint density at radius 3 is 2.37 bits per heavy atom. The molecule has 0 atom stereocenters. The summed E-state index contributed by atoms with van der Waals surface area (Å²) < 4.78 is 37.8. The molecule has 0 N–H and O–H groups in total. The molecule has 3 aromatic rings. The summed E-state index contributed by atoms with van der Waals surface area (Å²) >= 11 is 0. The number of aromatic nitrogens is 2. The summed E-state index contributed by atoms with van der Waals surface area (Å²) in [5.74, 6) is 2.30. The van der Waals surface area contributed by atoms with E-state index >= 15 is 0 Å². The van der Waals surface area contributed by atoms with Gasteiger partial charge in [-0.25, -0.2) is 8.42 Å². The number of ether oxygens (including phenoxy) is 1. The fourth-order valence-corrected chi connectivity index (χ4v) is 4.98. The molecule has 0 unspecified atom stereocenters. The third-order valence-corrected chi connectivity index (χ3v) is 7.39. The van der Waals surface area contributed by atoms with Crippen LogP contribution in [0, 0.1) is 5.92 Å². The number of sulfonamides is 1. The molecule has 1 saturated heterocycles. The molecule has 0 radical (unpaired) electrons. The van der Waals surface area contributed by atoms with Crippen LogP contribution in [-0.4, -0.2) is 43.1 Å². The molecule has 2 heterocycles. The van der Waals surface area contributed by atoms with Gasteiger partial charge in [0.15, 0.2) is 0 Å². The van der Waals surface area contributed by atoms with Crippen molar-refractivity contribution in [3.8, 4) is 17.1 Å². The third kappa shape index (κ3) is 4.39. The van der Waals surface area contributed by atoms with Crippen LogP contribution >= 0.6 is 0 Å². The van der Waals surface area contributed by atoms with Gasteiger partial charge in [-0.3, -0.25) is 0 Å². The van der Waals surface area contributed by atoms with Gasteiger partial charge in [0, 0.05) is 18.7 Å². The summed E-state index contributed by atoms with van der Waals surface area (Å²) in [7, 11) is -1.84. The van der Waals surface area contributed by atoms with Crippen LogP contribution in [0.15, 0.2) is 57.9 Å². The fourth-order valence-electron chi connectivity index (χ4n) is 3.51. The van der Waals surface area contributed by atoms with Gasteiger partial charge in [0.2, 0.25) is 21.7 Å². The van der Waals surface area contributed by atoms with E-state index in [4.69, 9.17) is 9.26 Å². The van der Waals surface area contributed by atoms with E-state index in [9.17, 15) is 8.42 Å². The van der Waals surface area contributed by atoms with E-state index in [1.54, 1.807) is 35.7 Å². The van der Waals surface area contributed by atoms with Crippen molar-refractivity contribution < 1.29 is 17.7 Å². The largest absolute Gasteiger partial charge is 0.497 e. The maximum Gasteiger partial charge on any atom is 0.243 e. The van der Waals surface area contributed by atoms with Gasteiger partial charge in [-0.05, 0) is 60.7 Å². The molecule has 1 aliphatic heterocycles. The number of methoxy groups -OCH3 is 1. The molecule has 0 bridgehead atoms. The van der Waals surface area contributed by atoms with Crippen LogP contribution in [0.3, 0.4) is 0 Å². The average Bonchev–Trinajstić information content (AvgIpc) is 3.23. The number of rotatable bonds is 6. The Balaban J connectivity index is 1.46. The van der Waals surface area contributed by atoms with E-state index in [2.05, 4.69) is 17.1 Å². The maximum absolute atomic E-state index is 12.9. The molecule has 0 saturated carbocycles. The first-order valence-electron chi connectivity index (χ1n) is 10.0. The topological polar surface area (TPSA) is 85.5 Å². The predicted molar refractivity (Wildman–Crippen MR) is 113 cm³/mol. The number of hydrogen-bond acceptors (Lipinski definition) is 6. The number of nitrogens with zero attached hydrogens (tertiary/aromatic N) is 3. The van der Waals surface area contributed by atoms with Gasteiger partial charge in [0.1, 0.15) is 5.75 Å². The highest BCUT2D eigenvalue weighted by Crippen LogP contribution is 2.25. The minimum atomic E-state index is -3.47. The molecule has 8 heteroatoms. The molecule has 30 heavy (non-hydrogen) atoms. The van der Waals surface area contributed by atoms with Gasteiger partial charge in [-0.2, -0.15) is 9.29 Å². The summed E-state index contributed by atoms with van der Waals surface area (Å²) in [6, 6.07) is 14.3. The molecule has 0 amide bonds. The van der Waals surface area contributed by atoms with Crippen LogP contribution in [-0.2, 0) is 16.4 Å². The zero-order valence-corrected chi connectivity index (χ0v) is 17.9.